The first kappa shape index (κ1) is 18.2. The lowest BCUT2D eigenvalue weighted by Gasteiger charge is -2.24. The van der Waals surface area contributed by atoms with Crippen LogP contribution in [0, 0.1) is 5.82 Å². The Bertz CT molecular complexity index is 962. The van der Waals surface area contributed by atoms with Crippen molar-refractivity contribution in [2.45, 2.75) is 39.0 Å². The number of aromatic hydroxyl groups is 1. The molecule has 2 N–H and O–H groups in total. The predicted octanol–water partition coefficient (Wildman–Crippen LogP) is 6.27. The monoisotopic (exact) mass is 424 g/mol. The van der Waals surface area contributed by atoms with Gasteiger partial charge in [0.2, 0.25) is 0 Å². The quantitative estimate of drug-likeness (QED) is 0.508. The van der Waals surface area contributed by atoms with E-state index in [9.17, 15) is 9.50 Å². The number of hydrogen-bond acceptors (Lipinski definition) is 2. The molecule has 25 heavy (non-hydrogen) atoms. The number of phenolic OH excluding ortho intramolecular Hbond substituents is 1. The molecule has 1 aromatic carbocycles. The number of nitrogens with zero attached hydrogens (tertiary/aromatic N) is 1. The van der Waals surface area contributed by atoms with Gasteiger partial charge in [0, 0.05) is 33.7 Å². The van der Waals surface area contributed by atoms with Gasteiger partial charge in [0.05, 0.1) is 5.02 Å². The fourth-order valence-corrected chi connectivity index (χ4v) is 3.79. The van der Waals surface area contributed by atoms with Gasteiger partial charge in [-0.2, -0.15) is 0 Å². The smallest absolute Gasteiger partial charge is 0.146 e. The van der Waals surface area contributed by atoms with E-state index < -0.39 is 11.2 Å². The van der Waals surface area contributed by atoms with Crippen LogP contribution in [0.4, 0.5) is 4.39 Å². The van der Waals surface area contributed by atoms with Gasteiger partial charge in [0.1, 0.15) is 17.2 Å². The number of fused-ring (bicyclic) bond motifs is 1. The predicted molar refractivity (Wildman–Crippen MR) is 103 cm³/mol. The van der Waals surface area contributed by atoms with Crippen molar-refractivity contribution in [2.24, 2.45) is 0 Å². The summed E-state index contributed by atoms with van der Waals surface area (Å²) in [6.07, 6.45) is 3.52. The third-order valence-corrected chi connectivity index (χ3v) is 5.26. The van der Waals surface area contributed by atoms with Crippen LogP contribution < -0.4 is 0 Å². The highest BCUT2D eigenvalue weighted by atomic mass is 79.9. The zero-order valence-corrected chi connectivity index (χ0v) is 16.8. The van der Waals surface area contributed by atoms with E-state index in [1.54, 1.807) is 6.20 Å². The summed E-state index contributed by atoms with van der Waals surface area (Å²) in [4.78, 5) is 7.42. The molecule has 2 aromatic heterocycles. The fraction of sp³-hybridized carbons (Fsp3) is 0.316. The molecule has 0 aliphatic carbocycles. The standard InChI is InChI=1S/C19H19BrClFN2O/c1-9(12-8-24-18-11(12)5-10(20)7-23-18)15-14(25)6-13(19(2,3)4)17(22)16(15)21/h5-9,25H,1-4H3,(H,23,24)/t9-/m0/s1. The Kier molecular flexibility index (Phi) is 4.58. The van der Waals surface area contributed by atoms with Gasteiger partial charge in [-0.3, -0.25) is 0 Å². The summed E-state index contributed by atoms with van der Waals surface area (Å²) >= 11 is 9.75. The Morgan fingerprint density at radius 3 is 2.64 bits per heavy atom. The maximum Gasteiger partial charge on any atom is 0.146 e. The minimum absolute atomic E-state index is 0.00105. The molecule has 132 valence electrons. The molecule has 0 saturated carbocycles. The van der Waals surface area contributed by atoms with E-state index >= 15 is 0 Å². The zero-order valence-electron chi connectivity index (χ0n) is 14.4. The number of hydrogen-bond donors (Lipinski definition) is 2. The summed E-state index contributed by atoms with van der Waals surface area (Å²) in [6.45, 7) is 7.54. The van der Waals surface area contributed by atoms with Crippen LogP contribution in [0.5, 0.6) is 5.75 Å². The molecule has 0 bridgehead atoms. The highest BCUT2D eigenvalue weighted by Crippen LogP contribution is 2.43. The largest absolute Gasteiger partial charge is 0.508 e. The molecule has 2 heterocycles. The molecule has 6 heteroatoms. The Morgan fingerprint density at radius 1 is 1.32 bits per heavy atom. The van der Waals surface area contributed by atoms with Gasteiger partial charge in [0.15, 0.2) is 0 Å². The van der Waals surface area contributed by atoms with E-state index in [1.807, 2.05) is 40.0 Å². The molecule has 3 nitrogen and oxygen atoms in total. The van der Waals surface area contributed by atoms with Gasteiger partial charge < -0.3 is 10.1 Å². The van der Waals surface area contributed by atoms with Gasteiger partial charge in [0.25, 0.3) is 0 Å². The van der Waals surface area contributed by atoms with Crippen molar-refractivity contribution in [1.82, 2.24) is 9.97 Å². The number of pyridine rings is 1. The second-order valence-corrected chi connectivity index (χ2v) is 8.54. The number of nitrogens with one attached hydrogen (secondary N) is 1. The zero-order chi connectivity index (χ0) is 18.5. The summed E-state index contributed by atoms with van der Waals surface area (Å²) in [6, 6.07) is 3.42. The lowest BCUT2D eigenvalue weighted by atomic mass is 9.83. The minimum atomic E-state index is -0.479. The molecule has 3 rings (SSSR count). The maximum atomic E-state index is 14.8. The van der Waals surface area contributed by atoms with E-state index in [0.717, 1.165) is 21.1 Å². The fourth-order valence-electron chi connectivity index (χ4n) is 3.10. The van der Waals surface area contributed by atoms with Crippen molar-refractivity contribution in [1.29, 1.82) is 0 Å². The Hall–Kier alpha value is -1.59. The van der Waals surface area contributed by atoms with Crippen molar-refractivity contribution in [3.8, 4) is 5.75 Å². The van der Waals surface area contributed by atoms with Crippen molar-refractivity contribution < 1.29 is 9.50 Å². The average molecular weight is 426 g/mol. The second-order valence-electron chi connectivity index (χ2n) is 7.25. The number of phenols is 1. The molecule has 0 saturated heterocycles. The molecule has 0 fully saturated rings. The van der Waals surface area contributed by atoms with Crippen LogP contribution in [0.25, 0.3) is 11.0 Å². The summed E-state index contributed by atoms with van der Waals surface area (Å²) < 4.78 is 15.7. The molecule has 0 aliphatic heterocycles. The second kappa shape index (κ2) is 6.29. The summed E-state index contributed by atoms with van der Waals surface area (Å²) in [5, 5.41) is 11.4. The van der Waals surface area contributed by atoms with Crippen molar-refractivity contribution in [2.75, 3.05) is 0 Å². The van der Waals surface area contributed by atoms with Crippen LogP contribution in [-0.4, -0.2) is 15.1 Å². The Balaban J connectivity index is 2.18. The van der Waals surface area contributed by atoms with Crippen LogP contribution in [0.15, 0.2) is 29.0 Å². The van der Waals surface area contributed by atoms with Crippen LogP contribution in [0.2, 0.25) is 5.02 Å². The van der Waals surface area contributed by atoms with Gasteiger partial charge in [-0.15, -0.1) is 0 Å². The summed E-state index contributed by atoms with van der Waals surface area (Å²) in [5.41, 5.74) is 1.95. The molecule has 1 atom stereocenters. The lowest BCUT2D eigenvalue weighted by molar-refractivity contribution is 0.453. The van der Waals surface area contributed by atoms with Gasteiger partial charge in [-0.1, -0.05) is 39.3 Å². The molecule has 0 amide bonds. The summed E-state index contributed by atoms with van der Waals surface area (Å²) in [7, 11) is 0. The van der Waals surface area contributed by atoms with Gasteiger partial charge in [-0.05, 0) is 44.6 Å². The Labute approximate surface area is 159 Å². The molecule has 0 spiro atoms. The number of H-pyrrole nitrogens is 1. The number of aromatic amines is 1. The SMILES string of the molecule is C[C@H](c1c(O)cc(C(C)(C)C)c(F)c1Cl)c1c[nH]c2ncc(Br)cc12. The van der Waals surface area contributed by atoms with E-state index in [4.69, 9.17) is 11.6 Å². The molecule has 0 radical (unpaired) electrons. The third kappa shape index (κ3) is 3.15. The number of benzene rings is 1. The van der Waals surface area contributed by atoms with Gasteiger partial charge in [-0.25, -0.2) is 9.37 Å². The van der Waals surface area contributed by atoms with Crippen molar-refractivity contribution in [3.63, 3.8) is 0 Å². The minimum Gasteiger partial charge on any atom is -0.508 e. The first-order valence-corrected chi connectivity index (χ1v) is 9.12. The normalized spacial score (nSPS) is 13.4. The van der Waals surface area contributed by atoms with Crippen molar-refractivity contribution >= 4 is 38.6 Å². The molecule has 0 unspecified atom stereocenters. The van der Waals surface area contributed by atoms with E-state index in [2.05, 4.69) is 25.9 Å². The van der Waals surface area contributed by atoms with Crippen LogP contribution in [0.1, 0.15) is 50.3 Å². The number of aromatic nitrogens is 2. The highest BCUT2D eigenvalue weighted by molar-refractivity contribution is 9.10. The maximum absolute atomic E-state index is 14.8. The third-order valence-electron chi connectivity index (χ3n) is 4.46. The highest BCUT2D eigenvalue weighted by Gasteiger charge is 2.28. The molecular weight excluding hydrogens is 407 g/mol. The number of rotatable bonds is 2. The topological polar surface area (TPSA) is 48.9 Å². The number of halogens is 3. The van der Waals surface area contributed by atoms with Crippen LogP contribution in [-0.2, 0) is 5.41 Å². The first-order chi connectivity index (χ1) is 11.6. The Morgan fingerprint density at radius 2 is 2.00 bits per heavy atom. The lowest BCUT2D eigenvalue weighted by Crippen LogP contribution is -2.15. The van der Waals surface area contributed by atoms with Gasteiger partial charge >= 0.3 is 0 Å². The summed E-state index contributed by atoms with van der Waals surface area (Å²) in [5.74, 6) is -0.782. The van der Waals surface area contributed by atoms with Crippen molar-refractivity contribution in [3.05, 3.63) is 56.5 Å². The van der Waals surface area contributed by atoms with Crippen LogP contribution >= 0.6 is 27.5 Å². The first-order valence-electron chi connectivity index (χ1n) is 7.95. The molecular formula is C19H19BrClFN2O. The van der Waals surface area contributed by atoms with Crippen LogP contribution in [0.3, 0.4) is 0 Å². The molecule has 0 aliphatic rings. The molecule has 3 aromatic rings. The average Bonchev–Trinajstić information content (AvgIpc) is 2.92. The van der Waals surface area contributed by atoms with E-state index in [0.29, 0.717) is 11.1 Å². The van der Waals surface area contributed by atoms with E-state index in [-0.39, 0.29) is 16.7 Å². The van der Waals surface area contributed by atoms with E-state index in [1.165, 1.54) is 6.07 Å².